The van der Waals surface area contributed by atoms with E-state index in [1.54, 1.807) is 6.92 Å². The first-order valence-electron chi connectivity index (χ1n) is 7.67. The molecule has 0 aromatic heterocycles. The Morgan fingerprint density at radius 3 is 2.41 bits per heavy atom. The molecule has 2 aromatic carbocycles. The minimum absolute atomic E-state index is 0.303. The molecule has 0 fully saturated rings. The molecule has 0 bridgehead atoms. The molecular formula is C19H21NO2. The third-order valence-electron chi connectivity index (χ3n) is 4.28. The van der Waals surface area contributed by atoms with Crippen molar-refractivity contribution in [3.63, 3.8) is 0 Å². The predicted molar refractivity (Wildman–Crippen MR) is 87.6 cm³/mol. The summed E-state index contributed by atoms with van der Waals surface area (Å²) in [6.45, 7) is 4.25. The average molecular weight is 295 g/mol. The normalized spacial score (nSPS) is 19.8. The van der Waals surface area contributed by atoms with Gasteiger partial charge in [-0.3, -0.25) is 4.79 Å². The van der Waals surface area contributed by atoms with E-state index in [4.69, 9.17) is 10.5 Å². The summed E-state index contributed by atoms with van der Waals surface area (Å²) in [6.07, 6.45) is 1.09. The number of hydrogen-bond acceptors (Lipinski definition) is 3. The standard InChI is InChI=1S/C19H21NO2/c1-3-22-18(21)19(20)11-16-9-8-15(10-17(16)12-19)14-6-4-13(2)5-7-14/h4-10H,3,11-12,20H2,1-2H3. The minimum atomic E-state index is -0.912. The molecular weight excluding hydrogens is 274 g/mol. The van der Waals surface area contributed by atoms with Gasteiger partial charge in [0, 0.05) is 12.8 Å². The molecule has 3 rings (SSSR count). The van der Waals surface area contributed by atoms with Gasteiger partial charge in [0.2, 0.25) is 0 Å². The quantitative estimate of drug-likeness (QED) is 0.886. The first-order chi connectivity index (χ1) is 10.5. The van der Waals surface area contributed by atoms with Crippen molar-refractivity contribution in [1.82, 2.24) is 0 Å². The van der Waals surface area contributed by atoms with E-state index in [1.807, 2.05) is 0 Å². The van der Waals surface area contributed by atoms with E-state index in [-0.39, 0.29) is 5.97 Å². The van der Waals surface area contributed by atoms with E-state index in [2.05, 4.69) is 49.4 Å². The third-order valence-corrected chi connectivity index (χ3v) is 4.28. The molecule has 0 saturated carbocycles. The molecule has 114 valence electrons. The molecule has 1 aliphatic rings. The van der Waals surface area contributed by atoms with Crippen molar-refractivity contribution in [1.29, 1.82) is 0 Å². The Kier molecular flexibility index (Phi) is 3.75. The SMILES string of the molecule is CCOC(=O)C1(N)Cc2ccc(-c3ccc(C)cc3)cc2C1. The molecule has 22 heavy (non-hydrogen) atoms. The smallest absolute Gasteiger partial charge is 0.326 e. The fourth-order valence-electron chi connectivity index (χ4n) is 3.05. The second-order valence-electron chi connectivity index (χ2n) is 6.08. The molecule has 0 radical (unpaired) electrons. The average Bonchev–Trinajstić information content (AvgIpc) is 2.85. The summed E-state index contributed by atoms with van der Waals surface area (Å²) in [5.74, 6) is -0.303. The van der Waals surface area contributed by atoms with Crippen molar-refractivity contribution in [2.45, 2.75) is 32.2 Å². The van der Waals surface area contributed by atoms with Gasteiger partial charge in [0.05, 0.1) is 6.61 Å². The van der Waals surface area contributed by atoms with Gasteiger partial charge in [0.25, 0.3) is 0 Å². The van der Waals surface area contributed by atoms with Gasteiger partial charge < -0.3 is 10.5 Å². The van der Waals surface area contributed by atoms with Crippen molar-refractivity contribution in [3.8, 4) is 11.1 Å². The highest BCUT2D eigenvalue weighted by molar-refractivity contribution is 5.83. The zero-order valence-electron chi connectivity index (χ0n) is 13.1. The summed E-state index contributed by atoms with van der Waals surface area (Å²) in [5.41, 5.74) is 11.2. The number of rotatable bonds is 3. The van der Waals surface area contributed by atoms with Crippen molar-refractivity contribution in [2.24, 2.45) is 5.73 Å². The number of carbonyl (C=O) groups is 1. The van der Waals surface area contributed by atoms with Crippen molar-refractivity contribution in [2.75, 3.05) is 6.61 Å². The lowest BCUT2D eigenvalue weighted by atomic mass is 9.97. The summed E-state index contributed by atoms with van der Waals surface area (Å²) >= 11 is 0. The maximum Gasteiger partial charge on any atom is 0.326 e. The lowest BCUT2D eigenvalue weighted by Gasteiger charge is -2.20. The molecule has 0 spiro atoms. The van der Waals surface area contributed by atoms with Crippen LogP contribution in [-0.4, -0.2) is 18.1 Å². The number of carbonyl (C=O) groups excluding carboxylic acids is 1. The van der Waals surface area contributed by atoms with Crippen LogP contribution in [0.3, 0.4) is 0 Å². The van der Waals surface area contributed by atoms with Crippen LogP contribution in [0.1, 0.15) is 23.6 Å². The maximum absolute atomic E-state index is 12.1. The Morgan fingerprint density at radius 2 is 1.73 bits per heavy atom. The molecule has 0 saturated heterocycles. The Balaban J connectivity index is 1.89. The molecule has 2 aromatic rings. The van der Waals surface area contributed by atoms with Gasteiger partial charge in [-0.15, -0.1) is 0 Å². The largest absolute Gasteiger partial charge is 0.465 e. The van der Waals surface area contributed by atoms with Crippen LogP contribution in [0.2, 0.25) is 0 Å². The molecule has 1 unspecified atom stereocenters. The third kappa shape index (κ3) is 2.64. The number of ether oxygens (including phenoxy) is 1. The van der Waals surface area contributed by atoms with Crippen LogP contribution in [0.15, 0.2) is 42.5 Å². The zero-order valence-corrected chi connectivity index (χ0v) is 13.1. The van der Waals surface area contributed by atoms with Crippen LogP contribution < -0.4 is 5.73 Å². The van der Waals surface area contributed by atoms with E-state index in [0.717, 1.165) is 16.7 Å². The van der Waals surface area contributed by atoms with Crippen molar-refractivity contribution >= 4 is 5.97 Å². The molecule has 3 nitrogen and oxygen atoms in total. The first kappa shape index (κ1) is 14.8. The lowest BCUT2D eigenvalue weighted by Crippen LogP contribution is -2.50. The summed E-state index contributed by atoms with van der Waals surface area (Å²) in [5, 5.41) is 0. The number of aryl methyl sites for hydroxylation is 1. The van der Waals surface area contributed by atoms with E-state index >= 15 is 0 Å². The summed E-state index contributed by atoms with van der Waals surface area (Å²) in [7, 11) is 0. The summed E-state index contributed by atoms with van der Waals surface area (Å²) in [6, 6.07) is 14.8. The van der Waals surface area contributed by atoms with E-state index in [9.17, 15) is 4.79 Å². The molecule has 2 N–H and O–H groups in total. The molecule has 0 heterocycles. The Hall–Kier alpha value is -2.13. The predicted octanol–water partition coefficient (Wildman–Crippen LogP) is 3.02. The van der Waals surface area contributed by atoms with Crippen LogP contribution in [-0.2, 0) is 22.4 Å². The number of esters is 1. The Labute approximate surface area is 131 Å². The van der Waals surface area contributed by atoms with Crippen LogP contribution in [0, 0.1) is 6.92 Å². The Morgan fingerprint density at radius 1 is 1.09 bits per heavy atom. The molecule has 3 heteroatoms. The van der Waals surface area contributed by atoms with Crippen LogP contribution in [0.5, 0.6) is 0 Å². The number of nitrogens with two attached hydrogens (primary N) is 1. The Bertz CT molecular complexity index is 706. The second kappa shape index (κ2) is 5.58. The van der Waals surface area contributed by atoms with Gasteiger partial charge in [0.1, 0.15) is 5.54 Å². The highest BCUT2D eigenvalue weighted by atomic mass is 16.5. The summed E-state index contributed by atoms with van der Waals surface area (Å²) in [4.78, 5) is 12.1. The van der Waals surface area contributed by atoms with Crippen LogP contribution in [0.25, 0.3) is 11.1 Å². The number of benzene rings is 2. The topological polar surface area (TPSA) is 52.3 Å². The number of fused-ring (bicyclic) bond motifs is 1. The monoisotopic (exact) mass is 295 g/mol. The zero-order chi connectivity index (χ0) is 15.7. The minimum Gasteiger partial charge on any atom is -0.465 e. The fraction of sp³-hybridized carbons (Fsp3) is 0.316. The highest BCUT2D eigenvalue weighted by Crippen LogP contribution is 2.33. The van der Waals surface area contributed by atoms with Gasteiger partial charge >= 0.3 is 5.97 Å². The summed E-state index contributed by atoms with van der Waals surface area (Å²) < 4.78 is 5.12. The van der Waals surface area contributed by atoms with E-state index in [1.165, 1.54) is 11.1 Å². The number of hydrogen-bond donors (Lipinski definition) is 1. The molecule has 0 amide bonds. The van der Waals surface area contributed by atoms with Gasteiger partial charge in [-0.1, -0.05) is 48.0 Å². The first-order valence-corrected chi connectivity index (χ1v) is 7.67. The fourth-order valence-corrected chi connectivity index (χ4v) is 3.05. The van der Waals surface area contributed by atoms with E-state index < -0.39 is 5.54 Å². The van der Waals surface area contributed by atoms with E-state index in [0.29, 0.717) is 19.4 Å². The van der Waals surface area contributed by atoms with Gasteiger partial charge in [-0.05, 0) is 36.1 Å². The maximum atomic E-state index is 12.1. The van der Waals surface area contributed by atoms with Gasteiger partial charge in [0.15, 0.2) is 0 Å². The molecule has 0 aliphatic heterocycles. The highest BCUT2D eigenvalue weighted by Gasteiger charge is 2.41. The molecule has 1 aliphatic carbocycles. The van der Waals surface area contributed by atoms with Crippen molar-refractivity contribution < 1.29 is 9.53 Å². The van der Waals surface area contributed by atoms with Crippen molar-refractivity contribution in [3.05, 3.63) is 59.2 Å². The second-order valence-corrected chi connectivity index (χ2v) is 6.08. The van der Waals surface area contributed by atoms with Gasteiger partial charge in [-0.2, -0.15) is 0 Å². The molecule has 1 atom stereocenters. The van der Waals surface area contributed by atoms with Crippen LogP contribution in [0.4, 0.5) is 0 Å². The lowest BCUT2D eigenvalue weighted by molar-refractivity contribution is -0.149. The van der Waals surface area contributed by atoms with Gasteiger partial charge in [-0.25, -0.2) is 0 Å². The van der Waals surface area contributed by atoms with Crippen LogP contribution >= 0.6 is 0 Å².